The Labute approximate surface area is 129 Å². The molecule has 0 spiro atoms. The van der Waals surface area contributed by atoms with Crippen LogP contribution in [0, 0.1) is 27.7 Å². The Morgan fingerprint density at radius 1 is 0.810 bits per heavy atom. The zero-order valence-electron chi connectivity index (χ0n) is 12.7. The van der Waals surface area contributed by atoms with E-state index in [2.05, 4.69) is 56.9 Å². The molecule has 0 radical (unpaired) electrons. The highest BCUT2D eigenvalue weighted by Crippen LogP contribution is 2.29. The summed E-state index contributed by atoms with van der Waals surface area (Å²) in [6.45, 7) is 8.26. The highest BCUT2D eigenvalue weighted by Gasteiger charge is 2.12. The maximum Gasteiger partial charge on any atom is 0.161 e. The first-order chi connectivity index (χ1) is 9.95. The van der Waals surface area contributed by atoms with Crippen LogP contribution < -0.4 is 0 Å². The van der Waals surface area contributed by atoms with Crippen LogP contribution in [0.5, 0.6) is 0 Å². The van der Waals surface area contributed by atoms with E-state index >= 15 is 0 Å². The van der Waals surface area contributed by atoms with Gasteiger partial charge in [0.25, 0.3) is 0 Å². The van der Waals surface area contributed by atoms with Crippen LogP contribution in [0.15, 0.2) is 30.3 Å². The number of aryl methyl sites for hydroxylation is 4. The second kappa shape index (κ2) is 5.12. The zero-order chi connectivity index (χ0) is 15.1. The Morgan fingerprint density at radius 2 is 1.57 bits per heavy atom. The second-order valence-electron chi connectivity index (χ2n) is 5.63. The van der Waals surface area contributed by atoms with E-state index in [1.165, 1.54) is 11.1 Å². The minimum absolute atomic E-state index is 0.516. The number of halogens is 1. The molecule has 0 atom stereocenters. The maximum atomic E-state index is 6.40. The van der Waals surface area contributed by atoms with Crippen LogP contribution in [-0.4, -0.2) is 9.97 Å². The SMILES string of the molecule is Cc1ccc(C)c(-c2nc(Cl)c3cc(C)cc(C)c3n2)c1. The molecule has 0 aliphatic heterocycles. The van der Waals surface area contributed by atoms with Crippen molar-refractivity contribution >= 4 is 22.5 Å². The summed E-state index contributed by atoms with van der Waals surface area (Å²) in [6.07, 6.45) is 0. The largest absolute Gasteiger partial charge is 0.228 e. The Kier molecular flexibility index (Phi) is 3.42. The van der Waals surface area contributed by atoms with Crippen LogP contribution in [0.4, 0.5) is 0 Å². The molecule has 2 nitrogen and oxygen atoms in total. The van der Waals surface area contributed by atoms with Crippen molar-refractivity contribution in [1.82, 2.24) is 9.97 Å². The van der Waals surface area contributed by atoms with Gasteiger partial charge in [0.05, 0.1) is 5.52 Å². The average molecular weight is 297 g/mol. The fourth-order valence-electron chi connectivity index (χ4n) is 2.65. The minimum atomic E-state index is 0.516. The summed E-state index contributed by atoms with van der Waals surface area (Å²) in [4.78, 5) is 9.26. The van der Waals surface area contributed by atoms with Gasteiger partial charge in [0.1, 0.15) is 5.15 Å². The van der Waals surface area contributed by atoms with E-state index in [9.17, 15) is 0 Å². The summed E-state index contributed by atoms with van der Waals surface area (Å²) in [7, 11) is 0. The third kappa shape index (κ3) is 2.52. The van der Waals surface area contributed by atoms with Gasteiger partial charge in [0.15, 0.2) is 5.82 Å². The summed E-state index contributed by atoms with van der Waals surface area (Å²) < 4.78 is 0. The van der Waals surface area contributed by atoms with Crippen molar-refractivity contribution in [3.05, 3.63) is 57.7 Å². The topological polar surface area (TPSA) is 25.8 Å². The standard InChI is InChI=1S/C18H17ClN2/c1-10-5-6-12(3)14(8-10)18-20-16-13(4)7-11(2)9-15(16)17(19)21-18/h5-9H,1-4H3. The number of nitrogens with zero attached hydrogens (tertiary/aromatic N) is 2. The Balaban J connectivity index is 2.33. The molecular formula is C18H17ClN2. The maximum absolute atomic E-state index is 6.40. The molecule has 0 amide bonds. The normalized spacial score (nSPS) is 11.1. The Morgan fingerprint density at radius 3 is 2.33 bits per heavy atom. The highest BCUT2D eigenvalue weighted by atomic mass is 35.5. The lowest BCUT2D eigenvalue weighted by molar-refractivity contribution is 1.20. The number of fused-ring (bicyclic) bond motifs is 1. The van der Waals surface area contributed by atoms with Gasteiger partial charge in [-0.3, -0.25) is 0 Å². The predicted octanol–water partition coefficient (Wildman–Crippen LogP) is 5.18. The molecule has 2 aromatic carbocycles. The van der Waals surface area contributed by atoms with Gasteiger partial charge in [-0.25, -0.2) is 9.97 Å². The van der Waals surface area contributed by atoms with Crippen LogP contribution in [0.25, 0.3) is 22.3 Å². The molecule has 106 valence electrons. The Hall–Kier alpha value is -1.93. The number of rotatable bonds is 1. The second-order valence-corrected chi connectivity index (χ2v) is 5.99. The molecule has 0 saturated heterocycles. The van der Waals surface area contributed by atoms with Crippen molar-refractivity contribution < 1.29 is 0 Å². The summed E-state index contributed by atoms with van der Waals surface area (Å²) in [5.41, 5.74) is 6.61. The van der Waals surface area contributed by atoms with E-state index in [0.29, 0.717) is 11.0 Å². The summed E-state index contributed by atoms with van der Waals surface area (Å²) in [5.74, 6) is 0.695. The molecule has 21 heavy (non-hydrogen) atoms. The van der Waals surface area contributed by atoms with Crippen LogP contribution in [0.3, 0.4) is 0 Å². The van der Waals surface area contributed by atoms with Gasteiger partial charge in [-0.2, -0.15) is 0 Å². The predicted molar refractivity (Wildman–Crippen MR) is 88.9 cm³/mol. The van der Waals surface area contributed by atoms with Crippen molar-refractivity contribution in [3.8, 4) is 11.4 Å². The van der Waals surface area contributed by atoms with E-state index in [1.807, 2.05) is 6.07 Å². The van der Waals surface area contributed by atoms with Crippen molar-refractivity contribution in [2.45, 2.75) is 27.7 Å². The molecule has 0 aliphatic rings. The average Bonchev–Trinajstić information content (AvgIpc) is 2.42. The lowest BCUT2D eigenvalue weighted by Crippen LogP contribution is -1.96. The van der Waals surface area contributed by atoms with E-state index in [0.717, 1.165) is 27.6 Å². The van der Waals surface area contributed by atoms with E-state index in [1.54, 1.807) is 0 Å². The molecule has 0 fully saturated rings. The third-order valence-electron chi connectivity index (χ3n) is 3.72. The van der Waals surface area contributed by atoms with Crippen molar-refractivity contribution in [2.24, 2.45) is 0 Å². The van der Waals surface area contributed by atoms with Gasteiger partial charge in [-0.15, -0.1) is 0 Å². The molecule has 0 N–H and O–H groups in total. The van der Waals surface area contributed by atoms with Crippen LogP contribution in [0.2, 0.25) is 5.15 Å². The van der Waals surface area contributed by atoms with Gasteiger partial charge in [0, 0.05) is 10.9 Å². The summed E-state index contributed by atoms with van der Waals surface area (Å²) >= 11 is 6.40. The molecular weight excluding hydrogens is 280 g/mol. The molecule has 0 bridgehead atoms. The molecule has 3 rings (SSSR count). The lowest BCUT2D eigenvalue weighted by atomic mass is 10.0. The van der Waals surface area contributed by atoms with E-state index < -0.39 is 0 Å². The fourth-order valence-corrected chi connectivity index (χ4v) is 2.87. The minimum Gasteiger partial charge on any atom is -0.228 e. The van der Waals surface area contributed by atoms with Gasteiger partial charge in [-0.05, 0) is 51.0 Å². The molecule has 0 unspecified atom stereocenters. The number of hydrogen-bond donors (Lipinski definition) is 0. The van der Waals surface area contributed by atoms with Gasteiger partial charge in [-0.1, -0.05) is 40.9 Å². The zero-order valence-corrected chi connectivity index (χ0v) is 13.4. The molecule has 3 heteroatoms. The molecule has 3 aromatic rings. The van der Waals surface area contributed by atoms with Crippen molar-refractivity contribution in [1.29, 1.82) is 0 Å². The lowest BCUT2D eigenvalue weighted by Gasteiger charge is -2.10. The Bertz CT molecular complexity index is 853. The van der Waals surface area contributed by atoms with Crippen molar-refractivity contribution in [2.75, 3.05) is 0 Å². The van der Waals surface area contributed by atoms with Crippen LogP contribution >= 0.6 is 11.6 Å². The molecule has 0 aliphatic carbocycles. The van der Waals surface area contributed by atoms with Crippen molar-refractivity contribution in [3.63, 3.8) is 0 Å². The number of aromatic nitrogens is 2. The molecule has 1 aromatic heterocycles. The van der Waals surface area contributed by atoms with Crippen LogP contribution in [-0.2, 0) is 0 Å². The monoisotopic (exact) mass is 296 g/mol. The first-order valence-corrected chi connectivity index (χ1v) is 7.35. The first-order valence-electron chi connectivity index (χ1n) is 6.98. The first kappa shape index (κ1) is 14.0. The highest BCUT2D eigenvalue weighted by molar-refractivity contribution is 6.34. The van der Waals surface area contributed by atoms with E-state index in [-0.39, 0.29) is 0 Å². The van der Waals surface area contributed by atoms with Crippen LogP contribution in [0.1, 0.15) is 22.3 Å². The van der Waals surface area contributed by atoms with E-state index in [4.69, 9.17) is 16.6 Å². The number of benzene rings is 2. The quantitative estimate of drug-likeness (QED) is 0.578. The van der Waals surface area contributed by atoms with Gasteiger partial charge < -0.3 is 0 Å². The smallest absolute Gasteiger partial charge is 0.161 e. The summed E-state index contributed by atoms with van der Waals surface area (Å²) in [5, 5.41) is 1.44. The molecule has 1 heterocycles. The van der Waals surface area contributed by atoms with Gasteiger partial charge in [0.2, 0.25) is 0 Å². The number of hydrogen-bond acceptors (Lipinski definition) is 2. The van der Waals surface area contributed by atoms with Gasteiger partial charge >= 0.3 is 0 Å². The molecule has 0 saturated carbocycles. The fraction of sp³-hybridized carbons (Fsp3) is 0.222. The third-order valence-corrected chi connectivity index (χ3v) is 4.01. The summed E-state index contributed by atoms with van der Waals surface area (Å²) in [6, 6.07) is 10.5.